The van der Waals surface area contributed by atoms with Gasteiger partial charge in [-0.25, -0.2) is 15.0 Å². The monoisotopic (exact) mass is 343 g/mol. The van der Waals surface area contributed by atoms with E-state index in [2.05, 4.69) is 25.2 Å². The maximum atomic E-state index is 12.6. The van der Waals surface area contributed by atoms with Crippen molar-refractivity contribution >= 4 is 22.8 Å². The Kier molecular flexibility index (Phi) is 5.13. The van der Waals surface area contributed by atoms with Gasteiger partial charge in [0.2, 0.25) is 5.82 Å². The summed E-state index contributed by atoms with van der Waals surface area (Å²) in [7, 11) is 0. The van der Waals surface area contributed by atoms with Gasteiger partial charge in [0.05, 0.1) is 18.6 Å². The Balaban J connectivity index is 2.11. The minimum Gasteiger partial charge on any atom is -0.378 e. The molecule has 1 N–H and O–H groups in total. The van der Waals surface area contributed by atoms with E-state index >= 15 is 0 Å². The third-order valence-corrected chi connectivity index (χ3v) is 4.48. The molecule has 0 aromatic carbocycles. The molecule has 0 saturated carbocycles. The first-order valence-electron chi connectivity index (χ1n) is 8.79. The maximum Gasteiger partial charge on any atom is 0.289 e. The molecule has 25 heavy (non-hydrogen) atoms. The summed E-state index contributed by atoms with van der Waals surface area (Å²) in [6.07, 6.45) is 0.853. The lowest BCUT2D eigenvalue weighted by Gasteiger charge is -2.29. The standard InChI is InChI=1S/C18H25N5O2/c1-5-12(3)20-18(24)16-21-15-14(11(2)10-13(4)19-15)17(22-16)23-6-8-25-9-7-23/h10,12H,5-9H2,1-4H3,(H,20,24). The average molecular weight is 343 g/mol. The Bertz CT molecular complexity index is 787. The molecule has 3 heterocycles. The molecule has 7 heteroatoms. The molecule has 0 spiro atoms. The minimum absolute atomic E-state index is 0.0749. The molecular weight excluding hydrogens is 318 g/mol. The summed E-state index contributed by atoms with van der Waals surface area (Å²) in [4.78, 5) is 28.3. The van der Waals surface area contributed by atoms with Gasteiger partial charge in [0, 0.05) is 24.8 Å². The van der Waals surface area contributed by atoms with Crippen LogP contribution in [0.3, 0.4) is 0 Å². The largest absolute Gasteiger partial charge is 0.378 e. The summed E-state index contributed by atoms with van der Waals surface area (Å²) in [5.74, 6) is 0.686. The maximum absolute atomic E-state index is 12.6. The van der Waals surface area contributed by atoms with Gasteiger partial charge in [0.1, 0.15) is 5.82 Å². The molecule has 0 bridgehead atoms. The van der Waals surface area contributed by atoms with Gasteiger partial charge in [0.15, 0.2) is 5.65 Å². The number of carbonyl (C=O) groups excluding carboxylic acids is 1. The second kappa shape index (κ2) is 7.31. The van der Waals surface area contributed by atoms with Crippen LogP contribution in [0.5, 0.6) is 0 Å². The van der Waals surface area contributed by atoms with E-state index in [-0.39, 0.29) is 17.8 Å². The van der Waals surface area contributed by atoms with E-state index in [1.807, 2.05) is 33.8 Å². The van der Waals surface area contributed by atoms with Crippen molar-refractivity contribution in [2.45, 2.75) is 40.2 Å². The predicted octanol–water partition coefficient (Wildman–Crippen LogP) is 2.01. The summed E-state index contributed by atoms with van der Waals surface area (Å²) in [6.45, 7) is 10.7. The number of nitrogens with zero attached hydrogens (tertiary/aromatic N) is 4. The number of pyridine rings is 1. The molecule has 1 unspecified atom stereocenters. The smallest absolute Gasteiger partial charge is 0.289 e. The molecule has 1 atom stereocenters. The van der Waals surface area contributed by atoms with Crippen molar-refractivity contribution in [1.82, 2.24) is 20.3 Å². The lowest BCUT2D eigenvalue weighted by atomic mass is 10.1. The fourth-order valence-electron chi connectivity index (χ4n) is 2.95. The van der Waals surface area contributed by atoms with Crippen LogP contribution in [0.2, 0.25) is 0 Å². The minimum atomic E-state index is -0.258. The number of ether oxygens (including phenoxy) is 1. The highest BCUT2D eigenvalue weighted by Gasteiger charge is 2.22. The zero-order chi connectivity index (χ0) is 18.0. The number of carbonyl (C=O) groups is 1. The molecular formula is C18H25N5O2. The number of anilines is 1. The van der Waals surface area contributed by atoms with Gasteiger partial charge in [-0.05, 0) is 38.8 Å². The molecule has 1 saturated heterocycles. The van der Waals surface area contributed by atoms with E-state index in [0.717, 1.165) is 42.0 Å². The first-order valence-corrected chi connectivity index (χ1v) is 8.79. The van der Waals surface area contributed by atoms with Crippen LogP contribution in [0.1, 0.15) is 42.1 Å². The van der Waals surface area contributed by atoms with E-state index in [0.29, 0.717) is 18.9 Å². The normalized spacial score (nSPS) is 16.1. The van der Waals surface area contributed by atoms with Crippen LogP contribution in [-0.2, 0) is 4.74 Å². The number of rotatable bonds is 4. The highest BCUT2D eigenvalue weighted by Crippen LogP contribution is 2.27. The Morgan fingerprint density at radius 1 is 1.28 bits per heavy atom. The second-order valence-electron chi connectivity index (χ2n) is 6.53. The van der Waals surface area contributed by atoms with E-state index < -0.39 is 0 Å². The van der Waals surface area contributed by atoms with E-state index in [1.165, 1.54) is 0 Å². The van der Waals surface area contributed by atoms with Crippen molar-refractivity contribution in [2.75, 3.05) is 31.2 Å². The summed E-state index contributed by atoms with van der Waals surface area (Å²) in [5, 5.41) is 3.84. The number of fused-ring (bicyclic) bond motifs is 1. The van der Waals surface area contributed by atoms with E-state index in [9.17, 15) is 4.79 Å². The SMILES string of the molecule is CCC(C)NC(=O)c1nc(N2CCOCC2)c2c(C)cc(C)nc2n1. The van der Waals surface area contributed by atoms with Gasteiger partial charge in [-0.15, -0.1) is 0 Å². The van der Waals surface area contributed by atoms with Gasteiger partial charge < -0.3 is 15.0 Å². The Morgan fingerprint density at radius 2 is 2.00 bits per heavy atom. The number of aromatic nitrogens is 3. The quantitative estimate of drug-likeness (QED) is 0.915. The van der Waals surface area contributed by atoms with Crippen LogP contribution < -0.4 is 10.2 Å². The third kappa shape index (κ3) is 3.71. The predicted molar refractivity (Wildman–Crippen MR) is 97.1 cm³/mol. The van der Waals surface area contributed by atoms with E-state index in [1.54, 1.807) is 0 Å². The van der Waals surface area contributed by atoms with Crippen LogP contribution in [-0.4, -0.2) is 53.2 Å². The van der Waals surface area contributed by atoms with E-state index in [4.69, 9.17) is 4.74 Å². The molecule has 1 fully saturated rings. The molecule has 3 rings (SSSR count). The molecule has 1 aliphatic heterocycles. The number of amides is 1. The number of hydrogen-bond donors (Lipinski definition) is 1. The Hall–Kier alpha value is -2.28. The summed E-state index contributed by atoms with van der Waals surface area (Å²) >= 11 is 0. The van der Waals surface area contributed by atoms with Gasteiger partial charge >= 0.3 is 0 Å². The molecule has 0 aliphatic carbocycles. The summed E-state index contributed by atoms with van der Waals surface area (Å²) < 4.78 is 5.45. The highest BCUT2D eigenvalue weighted by atomic mass is 16.5. The molecule has 0 radical (unpaired) electrons. The molecule has 134 valence electrons. The topological polar surface area (TPSA) is 80.2 Å². The number of aryl methyl sites for hydroxylation is 2. The van der Waals surface area contributed by atoms with Crippen molar-refractivity contribution in [3.63, 3.8) is 0 Å². The fraction of sp³-hybridized carbons (Fsp3) is 0.556. The average Bonchev–Trinajstić information content (AvgIpc) is 2.60. The zero-order valence-corrected chi connectivity index (χ0v) is 15.3. The summed E-state index contributed by atoms with van der Waals surface area (Å²) in [5.41, 5.74) is 2.52. The summed E-state index contributed by atoms with van der Waals surface area (Å²) in [6, 6.07) is 2.10. The lowest BCUT2D eigenvalue weighted by Crippen LogP contribution is -2.38. The number of hydrogen-bond acceptors (Lipinski definition) is 6. The highest BCUT2D eigenvalue weighted by molar-refractivity contribution is 5.96. The lowest BCUT2D eigenvalue weighted by molar-refractivity contribution is 0.0929. The zero-order valence-electron chi connectivity index (χ0n) is 15.3. The van der Waals surface area contributed by atoms with Crippen molar-refractivity contribution in [3.05, 3.63) is 23.1 Å². The van der Waals surface area contributed by atoms with Gasteiger partial charge in [0.25, 0.3) is 5.91 Å². The van der Waals surface area contributed by atoms with Crippen molar-refractivity contribution in [3.8, 4) is 0 Å². The molecule has 1 aliphatic rings. The third-order valence-electron chi connectivity index (χ3n) is 4.48. The van der Waals surface area contributed by atoms with Crippen LogP contribution >= 0.6 is 0 Å². The van der Waals surface area contributed by atoms with Crippen LogP contribution in [0, 0.1) is 13.8 Å². The number of nitrogens with one attached hydrogen (secondary N) is 1. The van der Waals surface area contributed by atoms with Gasteiger partial charge in [-0.1, -0.05) is 6.92 Å². The molecule has 7 nitrogen and oxygen atoms in total. The van der Waals surface area contributed by atoms with Crippen LogP contribution in [0.4, 0.5) is 5.82 Å². The van der Waals surface area contributed by atoms with Gasteiger partial charge in [-0.2, -0.15) is 0 Å². The molecule has 2 aromatic rings. The van der Waals surface area contributed by atoms with Crippen molar-refractivity contribution in [1.29, 1.82) is 0 Å². The first kappa shape index (κ1) is 17.5. The van der Waals surface area contributed by atoms with Crippen LogP contribution in [0.25, 0.3) is 11.0 Å². The van der Waals surface area contributed by atoms with Crippen molar-refractivity contribution < 1.29 is 9.53 Å². The Morgan fingerprint density at radius 3 is 2.68 bits per heavy atom. The first-order chi connectivity index (χ1) is 12.0. The number of morpholine rings is 1. The van der Waals surface area contributed by atoms with Crippen molar-refractivity contribution in [2.24, 2.45) is 0 Å². The second-order valence-corrected chi connectivity index (χ2v) is 6.53. The fourth-order valence-corrected chi connectivity index (χ4v) is 2.95. The molecule has 2 aromatic heterocycles. The Labute approximate surface area is 147 Å². The molecule has 1 amide bonds. The van der Waals surface area contributed by atoms with Gasteiger partial charge in [-0.3, -0.25) is 4.79 Å². The van der Waals surface area contributed by atoms with Crippen LogP contribution in [0.15, 0.2) is 6.07 Å².